The maximum absolute atomic E-state index is 12.5. The first-order chi connectivity index (χ1) is 12.4. The molecule has 0 spiro atoms. The fourth-order valence-electron chi connectivity index (χ4n) is 2.49. The van der Waals surface area contributed by atoms with Gasteiger partial charge in [-0.2, -0.15) is 5.10 Å². The van der Waals surface area contributed by atoms with Crippen molar-refractivity contribution in [3.05, 3.63) is 70.3 Å². The van der Waals surface area contributed by atoms with Gasteiger partial charge < -0.3 is 0 Å². The van der Waals surface area contributed by atoms with Gasteiger partial charge in [0, 0.05) is 25.0 Å². The van der Waals surface area contributed by atoms with E-state index in [9.17, 15) is 13.2 Å². The van der Waals surface area contributed by atoms with Crippen LogP contribution in [0, 0.1) is 13.8 Å². The van der Waals surface area contributed by atoms with E-state index in [4.69, 9.17) is 0 Å². The molecule has 1 aromatic carbocycles. The van der Waals surface area contributed by atoms with Crippen molar-refractivity contribution in [2.75, 3.05) is 6.54 Å². The molecule has 0 atom stereocenters. The molecule has 0 amide bonds. The Morgan fingerprint density at radius 2 is 1.96 bits per heavy atom. The highest BCUT2D eigenvalue weighted by Gasteiger charge is 2.16. The van der Waals surface area contributed by atoms with Crippen LogP contribution in [0.5, 0.6) is 0 Å². The first-order valence-corrected chi connectivity index (χ1v) is 9.50. The molecule has 136 valence electrons. The molecule has 2 aromatic heterocycles. The molecule has 0 saturated heterocycles. The Morgan fingerprint density at radius 3 is 2.69 bits per heavy atom. The second-order valence-electron chi connectivity index (χ2n) is 5.87. The predicted molar refractivity (Wildman–Crippen MR) is 96.7 cm³/mol. The molecule has 0 aliphatic heterocycles. The average Bonchev–Trinajstić information content (AvgIpc) is 3.13. The molecule has 9 heteroatoms. The highest BCUT2D eigenvalue weighted by molar-refractivity contribution is 7.89. The van der Waals surface area contributed by atoms with Crippen LogP contribution in [-0.2, 0) is 16.6 Å². The van der Waals surface area contributed by atoms with Gasteiger partial charge in [0.25, 0.3) is 5.56 Å². The Kier molecular flexibility index (Phi) is 5.01. The molecule has 26 heavy (non-hydrogen) atoms. The lowest BCUT2D eigenvalue weighted by Crippen LogP contribution is -2.32. The lowest BCUT2D eigenvalue weighted by molar-refractivity contribution is 0.541. The summed E-state index contributed by atoms with van der Waals surface area (Å²) in [4.78, 5) is 12.2. The van der Waals surface area contributed by atoms with E-state index in [0.717, 1.165) is 5.56 Å². The third-order valence-electron chi connectivity index (χ3n) is 3.84. The van der Waals surface area contributed by atoms with Gasteiger partial charge in [-0.15, -0.1) is 5.10 Å². The highest BCUT2D eigenvalue weighted by Crippen LogP contribution is 2.16. The van der Waals surface area contributed by atoms with Crippen LogP contribution in [0.15, 0.2) is 58.5 Å². The van der Waals surface area contributed by atoms with E-state index in [1.807, 2.05) is 13.0 Å². The van der Waals surface area contributed by atoms with Gasteiger partial charge in [-0.05, 0) is 43.2 Å². The van der Waals surface area contributed by atoms with Crippen LogP contribution < -0.4 is 10.3 Å². The number of hydrogen-bond acceptors (Lipinski definition) is 5. The Hall–Kier alpha value is -2.78. The number of nitrogens with one attached hydrogen (secondary N) is 1. The summed E-state index contributed by atoms with van der Waals surface area (Å²) < 4.78 is 30.3. The summed E-state index contributed by atoms with van der Waals surface area (Å²) in [5.41, 5.74) is 1.21. The molecule has 3 aromatic rings. The Morgan fingerprint density at radius 1 is 1.15 bits per heavy atom. The number of aromatic nitrogens is 4. The number of aryl methyl sites for hydroxylation is 2. The Balaban J connectivity index is 1.74. The monoisotopic (exact) mass is 373 g/mol. The Labute approximate surface area is 151 Å². The number of hydrogen-bond donors (Lipinski definition) is 1. The molecule has 0 unspecified atom stereocenters. The predicted octanol–water partition coefficient (Wildman–Crippen LogP) is 1.02. The fourth-order valence-corrected chi connectivity index (χ4v) is 3.83. The van der Waals surface area contributed by atoms with E-state index in [-0.39, 0.29) is 23.5 Å². The van der Waals surface area contributed by atoms with Crippen LogP contribution in [0.2, 0.25) is 0 Å². The largest absolute Gasteiger partial charge is 0.268 e. The number of benzene rings is 1. The maximum Gasteiger partial charge on any atom is 0.266 e. The minimum Gasteiger partial charge on any atom is -0.268 e. The quantitative estimate of drug-likeness (QED) is 0.696. The van der Waals surface area contributed by atoms with E-state index in [2.05, 4.69) is 14.9 Å². The van der Waals surface area contributed by atoms with Crippen LogP contribution in [0.1, 0.15) is 11.1 Å². The van der Waals surface area contributed by atoms with Crippen molar-refractivity contribution in [3.8, 4) is 5.82 Å². The van der Waals surface area contributed by atoms with Crippen molar-refractivity contribution in [1.29, 1.82) is 0 Å². The van der Waals surface area contributed by atoms with Crippen molar-refractivity contribution in [1.82, 2.24) is 24.3 Å². The van der Waals surface area contributed by atoms with E-state index in [1.54, 1.807) is 43.6 Å². The Bertz CT molecular complexity index is 1070. The van der Waals surface area contributed by atoms with Gasteiger partial charge in [0.15, 0.2) is 5.82 Å². The van der Waals surface area contributed by atoms with Crippen LogP contribution in [0.3, 0.4) is 0 Å². The van der Waals surface area contributed by atoms with Crippen molar-refractivity contribution in [2.24, 2.45) is 0 Å². The first-order valence-electron chi connectivity index (χ1n) is 8.02. The molecule has 0 aliphatic carbocycles. The minimum absolute atomic E-state index is 0.0468. The number of sulfonamides is 1. The first kappa shape index (κ1) is 18.0. The van der Waals surface area contributed by atoms with Gasteiger partial charge in [0.05, 0.1) is 11.4 Å². The molecule has 0 bridgehead atoms. The normalized spacial score (nSPS) is 11.6. The van der Waals surface area contributed by atoms with Crippen LogP contribution in [0.25, 0.3) is 5.82 Å². The SMILES string of the molecule is Cc1ccc(C)c(S(=O)(=O)NCCn2nc(-n3cccn3)ccc2=O)c1. The molecular formula is C17H19N5O3S. The number of nitrogens with zero attached hydrogens (tertiary/aromatic N) is 4. The zero-order chi connectivity index (χ0) is 18.7. The van der Waals surface area contributed by atoms with Crippen LogP contribution in [0.4, 0.5) is 0 Å². The molecule has 0 radical (unpaired) electrons. The summed E-state index contributed by atoms with van der Waals surface area (Å²) in [6.45, 7) is 3.74. The summed E-state index contributed by atoms with van der Waals surface area (Å²) >= 11 is 0. The maximum atomic E-state index is 12.5. The lowest BCUT2D eigenvalue weighted by atomic mass is 10.2. The summed E-state index contributed by atoms with van der Waals surface area (Å²) in [5, 5.41) is 8.27. The summed E-state index contributed by atoms with van der Waals surface area (Å²) in [7, 11) is -3.66. The molecule has 3 rings (SSSR count). The zero-order valence-corrected chi connectivity index (χ0v) is 15.3. The van der Waals surface area contributed by atoms with Crippen molar-refractivity contribution >= 4 is 10.0 Å². The van der Waals surface area contributed by atoms with Crippen molar-refractivity contribution < 1.29 is 8.42 Å². The standard InChI is InChI=1S/C17H19N5O3S/c1-13-4-5-14(2)15(12-13)26(24,25)19-9-11-22-17(23)7-6-16(20-22)21-10-3-8-18-21/h3-8,10,12,19H,9,11H2,1-2H3. The van der Waals surface area contributed by atoms with Crippen molar-refractivity contribution in [2.45, 2.75) is 25.3 Å². The molecule has 8 nitrogen and oxygen atoms in total. The topological polar surface area (TPSA) is 98.9 Å². The smallest absolute Gasteiger partial charge is 0.266 e. The van der Waals surface area contributed by atoms with E-state index >= 15 is 0 Å². The molecular weight excluding hydrogens is 354 g/mol. The van der Waals surface area contributed by atoms with Crippen LogP contribution >= 0.6 is 0 Å². The van der Waals surface area contributed by atoms with E-state index in [0.29, 0.717) is 11.4 Å². The molecule has 1 N–H and O–H groups in total. The zero-order valence-electron chi connectivity index (χ0n) is 14.5. The molecule has 0 aliphatic rings. The molecule has 0 saturated carbocycles. The second kappa shape index (κ2) is 7.22. The van der Waals surface area contributed by atoms with Crippen LogP contribution in [-0.4, -0.2) is 34.5 Å². The van der Waals surface area contributed by atoms with E-state index < -0.39 is 10.0 Å². The molecule has 2 heterocycles. The van der Waals surface area contributed by atoms with E-state index in [1.165, 1.54) is 15.4 Å². The average molecular weight is 373 g/mol. The van der Waals surface area contributed by atoms with Gasteiger partial charge in [0.2, 0.25) is 10.0 Å². The summed E-state index contributed by atoms with van der Waals surface area (Å²) in [6.07, 6.45) is 3.32. The van der Waals surface area contributed by atoms with Gasteiger partial charge in [-0.3, -0.25) is 4.79 Å². The van der Waals surface area contributed by atoms with Crippen molar-refractivity contribution in [3.63, 3.8) is 0 Å². The van der Waals surface area contributed by atoms with Gasteiger partial charge >= 0.3 is 0 Å². The summed E-state index contributed by atoms with van der Waals surface area (Å²) in [5.74, 6) is 0.479. The van der Waals surface area contributed by atoms with Gasteiger partial charge in [-0.1, -0.05) is 12.1 Å². The van der Waals surface area contributed by atoms with Gasteiger partial charge in [-0.25, -0.2) is 22.5 Å². The van der Waals surface area contributed by atoms with Gasteiger partial charge in [0.1, 0.15) is 0 Å². The number of rotatable bonds is 6. The highest BCUT2D eigenvalue weighted by atomic mass is 32.2. The fraction of sp³-hybridized carbons (Fsp3) is 0.235. The second-order valence-corrected chi connectivity index (χ2v) is 7.61. The molecule has 0 fully saturated rings. The lowest BCUT2D eigenvalue weighted by Gasteiger charge is -2.11. The third kappa shape index (κ3) is 3.89. The third-order valence-corrected chi connectivity index (χ3v) is 5.44. The minimum atomic E-state index is -3.66. The summed E-state index contributed by atoms with van der Waals surface area (Å²) in [6, 6.07) is 9.94.